The van der Waals surface area contributed by atoms with Crippen LogP contribution < -0.4 is 5.32 Å². The summed E-state index contributed by atoms with van der Waals surface area (Å²) in [4.78, 5) is 0. The molecule has 4 heteroatoms. The molecule has 2 atom stereocenters. The van der Waals surface area contributed by atoms with Gasteiger partial charge in [-0.25, -0.2) is 0 Å². The molecular weight excluding hydrogens is 277 g/mol. The third-order valence-electron chi connectivity index (χ3n) is 3.15. The Bertz CT molecular complexity index is 372. The van der Waals surface area contributed by atoms with Crippen LogP contribution in [0.4, 0.5) is 0 Å². The molecule has 2 aliphatic rings. The minimum atomic E-state index is 0. The molecule has 0 radical (unpaired) electrons. The normalized spacial score (nSPS) is 27.8. The number of hydrogen-bond donors (Lipinski definition) is 1. The van der Waals surface area contributed by atoms with Crippen molar-refractivity contribution in [3.8, 4) is 0 Å². The van der Waals surface area contributed by atoms with Crippen LogP contribution >= 0.6 is 28.3 Å². The van der Waals surface area contributed by atoms with E-state index in [9.17, 15) is 0 Å². The maximum absolute atomic E-state index is 5.82. The minimum absolute atomic E-state index is 0. The number of ether oxygens (including phenoxy) is 1. The van der Waals surface area contributed by atoms with Crippen molar-refractivity contribution < 1.29 is 4.74 Å². The second kappa shape index (κ2) is 4.42. The zero-order valence-electron chi connectivity index (χ0n) is 8.20. The standard InChI is InChI=1S/C11H12BrNO.ClH/c12-10-3-1-2-7-8-4-13-5-11(8)14-6-9(7)10;/h1-3,8,11,13H,4-6H2;1H. The van der Waals surface area contributed by atoms with Crippen LogP contribution in [0.2, 0.25) is 0 Å². The number of hydrogen-bond acceptors (Lipinski definition) is 2. The van der Waals surface area contributed by atoms with Gasteiger partial charge in [0, 0.05) is 23.5 Å². The lowest BCUT2D eigenvalue weighted by Crippen LogP contribution is -2.26. The average Bonchev–Trinajstić information content (AvgIpc) is 2.66. The molecule has 1 fully saturated rings. The second-order valence-corrected chi connectivity index (χ2v) is 4.78. The molecule has 2 unspecified atom stereocenters. The van der Waals surface area contributed by atoms with Gasteiger partial charge in [0.1, 0.15) is 0 Å². The van der Waals surface area contributed by atoms with Gasteiger partial charge in [0.2, 0.25) is 0 Å². The molecule has 3 rings (SSSR count). The second-order valence-electron chi connectivity index (χ2n) is 3.92. The zero-order valence-corrected chi connectivity index (χ0v) is 10.6. The number of rotatable bonds is 0. The van der Waals surface area contributed by atoms with Crippen LogP contribution in [0.15, 0.2) is 22.7 Å². The number of nitrogens with one attached hydrogen (secondary N) is 1. The first-order valence-electron chi connectivity index (χ1n) is 4.96. The lowest BCUT2D eigenvalue weighted by Gasteiger charge is -2.28. The molecule has 82 valence electrons. The van der Waals surface area contributed by atoms with Gasteiger partial charge in [-0.2, -0.15) is 0 Å². The van der Waals surface area contributed by atoms with E-state index in [1.54, 1.807) is 0 Å². The summed E-state index contributed by atoms with van der Waals surface area (Å²) in [5, 5.41) is 3.38. The molecule has 0 aromatic heterocycles. The lowest BCUT2D eigenvalue weighted by atomic mass is 9.90. The Morgan fingerprint density at radius 2 is 2.20 bits per heavy atom. The van der Waals surface area contributed by atoms with Crippen molar-refractivity contribution in [3.05, 3.63) is 33.8 Å². The topological polar surface area (TPSA) is 21.3 Å². The molecule has 0 aliphatic carbocycles. The maximum Gasteiger partial charge on any atom is 0.0784 e. The molecule has 1 saturated heterocycles. The van der Waals surface area contributed by atoms with Crippen LogP contribution in [0, 0.1) is 0 Å². The van der Waals surface area contributed by atoms with E-state index in [2.05, 4.69) is 39.4 Å². The Morgan fingerprint density at radius 3 is 3.07 bits per heavy atom. The molecule has 0 saturated carbocycles. The fourth-order valence-electron chi connectivity index (χ4n) is 2.41. The van der Waals surface area contributed by atoms with Crippen LogP contribution in [0.5, 0.6) is 0 Å². The van der Waals surface area contributed by atoms with E-state index in [-0.39, 0.29) is 12.4 Å². The summed E-state index contributed by atoms with van der Waals surface area (Å²) < 4.78 is 7.00. The Morgan fingerprint density at radius 1 is 1.33 bits per heavy atom. The van der Waals surface area contributed by atoms with E-state index in [1.807, 2.05) is 0 Å². The van der Waals surface area contributed by atoms with Crippen LogP contribution in [0.25, 0.3) is 0 Å². The van der Waals surface area contributed by atoms with Gasteiger partial charge in [0.15, 0.2) is 0 Å². The highest BCUT2D eigenvalue weighted by Gasteiger charge is 2.34. The Kier molecular flexibility index (Phi) is 3.36. The summed E-state index contributed by atoms with van der Waals surface area (Å²) in [6.07, 6.45) is 0.386. The molecule has 2 aliphatic heterocycles. The summed E-state index contributed by atoms with van der Waals surface area (Å²) >= 11 is 3.58. The van der Waals surface area contributed by atoms with Crippen molar-refractivity contribution >= 4 is 28.3 Å². The molecular formula is C11H13BrClNO. The van der Waals surface area contributed by atoms with Crippen molar-refractivity contribution in [3.63, 3.8) is 0 Å². The average molecular weight is 291 g/mol. The summed E-state index contributed by atoms with van der Waals surface area (Å²) in [5.74, 6) is 0.552. The predicted molar refractivity (Wildman–Crippen MR) is 65.6 cm³/mol. The molecule has 0 amide bonds. The van der Waals surface area contributed by atoms with Crippen LogP contribution in [0.1, 0.15) is 17.0 Å². The van der Waals surface area contributed by atoms with Crippen LogP contribution in [-0.2, 0) is 11.3 Å². The van der Waals surface area contributed by atoms with E-state index in [4.69, 9.17) is 4.74 Å². The van der Waals surface area contributed by atoms with Gasteiger partial charge < -0.3 is 10.1 Å². The van der Waals surface area contributed by atoms with Crippen molar-refractivity contribution in [1.29, 1.82) is 0 Å². The predicted octanol–water partition coefficient (Wildman–Crippen LogP) is 2.46. The molecule has 2 heterocycles. The van der Waals surface area contributed by atoms with Gasteiger partial charge in [-0.1, -0.05) is 28.1 Å². The first kappa shape index (κ1) is 11.4. The Hall–Kier alpha value is -0.0900. The molecule has 1 aromatic rings. The highest BCUT2D eigenvalue weighted by atomic mass is 79.9. The minimum Gasteiger partial charge on any atom is -0.371 e. The van der Waals surface area contributed by atoms with E-state index in [0.29, 0.717) is 12.0 Å². The quantitative estimate of drug-likeness (QED) is 0.792. The smallest absolute Gasteiger partial charge is 0.0784 e. The van der Waals surface area contributed by atoms with E-state index in [0.717, 1.165) is 19.7 Å². The zero-order chi connectivity index (χ0) is 9.54. The fraction of sp³-hybridized carbons (Fsp3) is 0.455. The summed E-state index contributed by atoms with van der Waals surface area (Å²) in [6.45, 7) is 2.80. The summed E-state index contributed by atoms with van der Waals surface area (Å²) in [7, 11) is 0. The van der Waals surface area contributed by atoms with Crippen molar-refractivity contribution in [2.45, 2.75) is 18.6 Å². The van der Waals surface area contributed by atoms with Gasteiger partial charge in [0.25, 0.3) is 0 Å². The highest BCUT2D eigenvalue weighted by molar-refractivity contribution is 9.10. The molecule has 15 heavy (non-hydrogen) atoms. The van der Waals surface area contributed by atoms with Gasteiger partial charge in [0.05, 0.1) is 12.7 Å². The first-order chi connectivity index (χ1) is 6.86. The van der Waals surface area contributed by atoms with E-state index >= 15 is 0 Å². The monoisotopic (exact) mass is 289 g/mol. The van der Waals surface area contributed by atoms with E-state index in [1.165, 1.54) is 15.6 Å². The number of fused-ring (bicyclic) bond motifs is 3. The van der Waals surface area contributed by atoms with E-state index < -0.39 is 0 Å². The molecule has 1 aromatic carbocycles. The number of halogens is 2. The van der Waals surface area contributed by atoms with Gasteiger partial charge in [-0.3, -0.25) is 0 Å². The van der Waals surface area contributed by atoms with Gasteiger partial charge in [-0.05, 0) is 17.2 Å². The Labute approximate surface area is 104 Å². The first-order valence-corrected chi connectivity index (χ1v) is 5.75. The van der Waals surface area contributed by atoms with Gasteiger partial charge in [-0.15, -0.1) is 12.4 Å². The Balaban J connectivity index is 0.000000853. The highest BCUT2D eigenvalue weighted by Crippen LogP contribution is 2.36. The molecule has 0 bridgehead atoms. The van der Waals surface area contributed by atoms with Crippen molar-refractivity contribution in [2.24, 2.45) is 0 Å². The summed E-state index contributed by atoms with van der Waals surface area (Å²) in [6, 6.07) is 6.43. The summed E-state index contributed by atoms with van der Waals surface area (Å²) in [5.41, 5.74) is 2.79. The maximum atomic E-state index is 5.82. The SMILES string of the molecule is Brc1cccc2c1COC1CNCC21.Cl. The van der Waals surface area contributed by atoms with Crippen LogP contribution in [-0.4, -0.2) is 19.2 Å². The number of benzene rings is 1. The van der Waals surface area contributed by atoms with Gasteiger partial charge >= 0.3 is 0 Å². The molecule has 2 nitrogen and oxygen atoms in total. The third-order valence-corrected chi connectivity index (χ3v) is 3.90. The lowest BCUT2D eigenvalue weighted by molar-refractivity contribution is 0.0295. The van der Waals surface area contributed by atoms with Crippen molar-refractivity contribution in [2.75, 3.05) is 13.1 Å². The van der Waals surface area contributed by atoms with Crippen LogP contribution in [0.3, 0.4) is 0 Å². The molecule has 1 N–H and O–H groups in total. The third kappa shape index (κ3) is 1.82. The largest absolute Gasteiger partial charge is 0.371 e. The van der Waals surface area contributed by atoms with Crippen molar-refractivity contribution in [1.82, 2.24) is 5.32 Å². The molecule has 0 spiro atoms. The fourth-order valence-corrected chi connectivity index (χ4v) is 2.90.